The van der Waals surface area contributed by atoms with Gasteiger partial charge in [-0.25, -0.2) is 0 Å². The molecule has 1 aliphatic heterocycles. The standard InChI is InChI=1S/C12H21NO2/c1-3-6-12(2,11(14)15)13-8-9-4-5-10(13)7-9/h9-10H,3-8H2,1-2H3,(H,14,15). The van der Waals surface area contributed by atoms with E-state index in [0.29, 0.717) is 6.04 Å². The zero-order valence-corrected chi connectivity index (χ0v) is 9.70. The maximum Gasteiger partial charge on any atom is 0.323 e. The highest BCUT2D eigenvalue weighted by Crippen LogP contribution is 2.42. The number of piperidine rings is 1. The van der Waals surface area contributed by atoms with Gasteiger partial charge in [-0.1, -0.05) is 13.3 Å². The molecule has 1 aliphatic carbocycles. The van der Waals surface area contributed by atoms with Gasteiger partial charge in [0, 0.05) is 12.6 Å². The Morgan fingerprint density at radius 2 is 2.27 bits per heavy atom. The summed E-state index contributed by atoms with van der Waals surface area (Å²) in [6, 6.07) is 0.544. The Labute approximate surface area is 91.5 Å². The molecule has 86 valence electrons. The van der Waals surface area contributed by atoms with Gasteiger partial charge in [0.1, 0.15) is 5.54 Å². The van der Waals surface area contributed by atoms with Gasteiger partial charge < -0.3 is 5.11 Å². The van der Waals surface area contributed by atoms with Crippen molar-refractivity contribution in [2.24, 2.45) is 5.92 Å². The molecule has 3 nitrogen and oxygen atoms in total. The molecule has 2 aliphatic rings. The van der Waals surface area contributed by atoms with E-state index in [4.69, 9.17) is 0 Å². The minimum Gasteiger partial charge on any atom is -0.480 e. The van der Waals surface area contributed by atoms with E-state index in [1.165, 1.54) is 19.3 Å². The van der Waals surface area contributed by atoms with E-state index in [1.54, 1.807) is 0 Å². The van der Waals surface area contributed by atoms with Gasteiger partial charge in [0.15, 0.2) is 0 Å². The van der Waals surface area contributed by atoms with Crippen molar-refractivity contribution in [3.63, 3.8) is 0 Å². The molecule has 3 atom stereocenters. The van der Waals surface area contributed by atoms with Crippen molar-refractivity contribution in [2.45, 2.75) is 57.5 Å². The molecule has 0 spiro atoms. The number of hydrogen-bond donors (Lipinski definition) is 1. The van der Waals surface area contributed by atoms with E-state index >= 15 is 0 Å². The molecule has 3 unspecified atom stereocenters. The second-order valence-electron chi connectivity index (χ2n) is 5.31. The van der Waals surface area contributed by atoms with Gasteiger partial charge in [-0.15, -0.1) is 0 Å². The average Bonchev–Trinajstić information content (AvgIpc) is 2.78. The van der Waals surface area contributed by atoms with Crippen LogP contribution < -0.4 is 0 Å². The van der Waals surface area contributed by atoms with Gasteiger partial charge in [-0.05, 0) is 38.5 Å². The van der Waals surface area contributed by atoms with Crippen LogP contribution >= 0.6 is 0 Å². The Balaban J connectivity index is 2.15. The van der Waals surface area contributed by atoms with Crippen molar-refractivity contribution in [1.82, 2.24) is 4.90 Å². The Kier molecular flexibility index (Phi) is 2.75. The molecule has 2 rings (SSSR count). The average molecular weight is 211 g/mol. The first-order chi connectivity index (χ1) is 7.08. The topological polar surface area (TPSA) is 40.5 Å². The lowest BCUT2D eigenvalue weighted by molar-refractivity contribution is -0.152. The van der Waals surface area contributed by atoms with Crippen LogP contribution in [0.25, 0.3) is 0 Å². The van der Waals surface area contributed by atoms with E-state index in [2.05, 4.69) is 11.8 Å². The van der Waals surface area contributed by atoms with Crippen molar-refractivity contribution < 1.29 is 9.90 Å². The molecule has 3 heteroatoms. The lowest BCUT2D eigenvalue weighted by Gasteiger charge is -2.40. The zero-order valence-electron chi connectivity index (χ0n) is 9.70. The summed E-state index contributed by atoms with van der Waals surface area (Å²) in [4.78, 5) is 13.7. The Morgan fingerprint density at radius 1 is 1.53 bits per heavy atom. The normalized spacial score (nSPS) is 34.3. The highest BCUT2D eigenvalue weighted by Gasteiger charge is 2.49. The van der Waals surface area contributed by atoms with Gasteiger partial charge in [-0.2, -0.15) is 0 Å². The Hall–Kier alpha value is -0.570. The number of aliphatic carboxylic acids is 1. The van der Waals surface area contributed by atoms with Crippen LogP contribution in [0, 0.1) is 5.92 Å². The van der Waals surface area contributed by atoms with Crippen molar-refractivity contribution >= 4 is 5.97 Å². The van der Waals surface area contributed by atoms with Crippen LogP contribution in [-0.2, 0) is 4.79 Å². The maximum absolute atomic E-state index is 11.4. The first-order valence-corrected chi connectivity index (χ1v) is 6.08. The fourth-order valence-corrected chi connectivity index (χ4v) is 3.39. The number of fused-ring (bicyclic) bond motifs is 2. The summed E-state index contributed by atoms with van der Waals surface area (Å²) in [5.74, 6) is 0.127. The molecule has 0 aromatic carbocycles. The van der Waals surface area contributed by atoms with Crippen LogP contribution in [0.5, 0.6) is 0 Å². The molecule has 2 fully saturated rings. The minimum absolute atomic E-state index is 0.544. The third kappa shape index (κ3) is 1.67. The fraction of sp³-hybridized carbons (Fsp3) is 0.917. The van der Waals surface area contributed by atoms with Crippen LogP contribution in [-0.4, -0.2) is 34.1 Å². The molecule has 15 heavy (non-hydrogen) atoms. The molecule has 0 aromatic rings. The SMILES string of the molecule is CCCC(C)(C(=O)O)N1CC2CCC1C2. The Morgan fingerprint density at radius 3 is 2.67 bits per heavy atom. The predicted molar refractivity (Wildman–Crippen MR) is 58.8 cm³/mol. The fourth-order valence-electron chi connectivity index (χ4n) is 3.39. The molecule has 2 bridgehead atoms. The molecular formula is C12H21NO2. The Bertz CT molecular complexity index is 266. The van der Waals surface area contributed by atoms with Crippen molar-refractivity contribution in [3.8, 4) is 0 Å². The van der Waals surface area contributed by atoms with Crippen LogP contribution in [0.1, 0.15) is 46.0 Å². The molecule has 1 N–H and O–H groups in total. The molecule has 0 aromatic heterocycles. The largest absolute Gasteiger partial charge is 0.480 e. The van der Waals surface area contributed by atoms with Crippen LogP contribution in [0.4, 0.5) is 0 Å². The molecule has 1 heterocycles. The van der Waals surface area contributed by atoms with E-state index in [9.17, 15) is 9.90 Å². The molecule has 1 saturated carbocycles. The second-order valence-corrected chi connectivity index (χ2v) is 5.31. The molecule has 0 amide bonds. The first kappa shape index (κ1) is 10.9. The summed E-state index contributed by atoms with van der Waals surface area (Å²) in [6.45, 7) is 4.97. The van der Waals surface area contributed by atoms with Crippen molar-refractivity contribution in [3.05, 3.63) is 0 Å². The predicted octanol–water partition coefficient (Wildman–Crippen LogP) is 2.11. The van der Waals surface area contributed by atoms with Crippen molar-refractivity contribution in [2.75, 3.05) is 6.54 Å². The summed E-state index contributed by atoms with van der Waals surface area (Å²) < 4.78 is 0. The van der Waals surface area contributed by atoms with E-state index in [-0.39, 0.29) is 0 Å². The zero-order chi connectivity index (χ0) is 11.1. The third-order valence-electron chi connectivity index (χ3n) is 4.24. The summed E-state index contributed by atoms with van der Waals surface area (Å²) in [6.07, 6.45) is 5.45. The summed E-state index contributed by atoms with van der Waals surface area (Å²) in [5.41, 5.74) is -0.616. The maximum atomic E-state index is 11.4. The quantitative estimate of drug-likeness (QED) is 0.774. The molecule has 1 saturated heterocycles. The first-order valence-electron chi connectivity index (χ1n) is 6.08. The monoisotopic (exact) mass is 211 g/mol. The van der Waals surface area contributed by atoms with Crippen LogP contribution in [0.2, 0.25) is 0 Å². The summed E-state index contributed by atoms with van der Waals surface area (Å²) in [7, 11) is 0. The van der Waals surface area contributed by atoms with Crippen molar-refractivity contribution in [1.29, 1.82) is 0 Å². The van der Waals surface area contributed by atoms with Gasteiger partial charge in [0.25, 0.3) is 0 Å². The smallest absolute Gasteiger partial charge is 0.323 e. The van der Waals surface area contributed by atoms with Gasteiger partial charge in [0.2, 0.25) is 0 Å². The third-order valence-corrected chi connectivity index (χ3v) is 4.24. The summed E-state index contributed by atoms with van der Waals surface area (Å²) >= 11 is 0. The highest BCUT2D eigenvalue weighted by molar-refractivity contribution is 5.78. The molecular weight excluding hydrogens is 190 g/mol. The lowest BCUT2D eigenvalue weighted by atomic mass is 9.91. The number of hydrogen-bond acceptors (Lipinski definition) is 2. The highest BCUT2D eigenvalue weighted by atomic mass is 16.4. The van der Waals surface area contributed by atoms with Gasteiger partial charge in [-0.3, -0.25) is 9.69 Å². The molecule has 0 radical (unpaired) electrons. The van der Waals surface area contributed by atoms with Crippen LogP contribution in [0.15, 0.2) is 0 Å². The number of carboxylic acids is 1. The van der Waals surface area contributed by atoms with Gasteiger partial charge >= 0.3 is 5.97 Å². The number of likely N-dealkylation sites (tertiary alicyclic amines) is 1. The van der Waals surface area contributed by atoms with Gasteiger partial charge in [0.05, 0.1) is 0 Å². The number of carbonyl (C=O) groups is 1. The summed E-state index contributed by atoms with van der Waals surface area (Å²) in [5, 5.41) is 9.41. The lowest BCUT2D eigenvalue weighted by Crippen LogP contribution is -2.55. The number of rotatable bonds is 4. The van der Waals surface area contributed by atoms with E-state index in [0.717, 1.165) is 25.3 Å². The number of nitrogens with zero attached hydrogens (tertiary/aromatic N) is 1. The number of carboxylic acid groups (broad SMARTS) is 1. The second kappa shape index (κ2) is 3.78. The van der Waals surface area contributed by atoms with E-state index < -0.39 is 11.5 Å². The minimum atomic E-state index is -0.642. The van der Waals surface area contributed by atoms with E-state index in [1.807, 2.05) is 6.92 Å². The van der Waals surface area contributed by atoms with Crippen LogP contribution in [0.3, 0.4) is 0 Å².